The molecule has 2 fully saturated rings. The third-order valence-corrected chi connectivity index (χ3v) is 9.21. The lowest BCUT2D eigenvalue weighted by Crippen LogP contribution is -2.59. The molecule has 2 saturated carbocycles. The lowest BCUT2D eigenvalue weighted by atomic mass is 9.80. The second-order valence-corrected chi connectivity index (χ2v) is 13.0. The first-order chi connectivity index (χ1) is 18.6. The van der Waals surface area contributed by atoms with Crippen molar-refractivity contribution in [3.05, 3.63) is 0 Å². The van der Waals surface area contributed by atoms with E-state index >= 15 is 0 Å². The van der Waals surface area contributed by atoms with Gasteiger partial charge in [0.2, 0.25) is 0 Å². The van der Waals surface area contributed by atoms with Gasteiger partial charge in [0.15, 0.2) is 0 Å². The van der Waals surface area contributed by atoms with Crippen molar-refractivity contribution in [3.63, 3.8) is 0 Å². The molecule has 0 aromatic heterocycles. The van der Waals surface area contributed by atoms with Crippen LogP contribution in [-0.4, -0.2) is 46.7 Å². The Balaban J connectivity index is 0.000000474. The topological polar surface area (TPSA) is 72.8 Å². The number of hydrogen-bond acceptors (Lipinski definition) is 5. The average molecular weight is 605 g/mol. The van der Waals surface area contributed by atoms with Crippen LogP contribution in [0.15, 0.2) is 0 Å². The molecular formula is C30H50F6O5. The Morgan fingerprint density at radius 2 is 1.22 bits per heavy atom. The van der Waals surface area contributed by atoms with E-state index in [0.717, 1.165) is 32.1 Å². The molecule has 1 unspecified atom stereocenters. The van der Waals surface area contributed by atoms with Gasteiger partial charge in [-0.1, -0.05) is 40.0 Å². The van der Waals surface area contributed by atoms with Crippen LogP contribution in [0.5, 0.6) is 0 Å². The molecule has 0 heterocycles. The molecule has 11 heteroatoms. The van der Waals surface area contributed by atoms with Crippen LogP contribution in [0.3, 0.4) is 0 Å². The van der Waals surface area contributed by atoms with Crippen molar-refractivity contribution in [2.45, 2.75) is 162 Å². The maximum Gasteiger partial charge on any atom is 0.426 e. The van der Waals surface area contributed by atoms with Gasteiger partial charge in [-0.05, 0) is 91.4 Å². The standard InChI is InChI=1S/C17H26F6O3.C13H24O2/c1-4-14(2,3)13(24)26-12(11-8-6-5-7-9-11)10-15(25,16(18,19)20)17(21,22)23;1-5-12(3,4)11(14)15-13(6-2)9-7-8-10-13/h11-12,25H,4-10H2,1-3H3;5-10H2,1-4H3. The largest absolute Gasteiger partial charge is 0.462 e. The molecule has 2 rings (SSSR count). The van der Waals surface area contributed by atoms with E-state index in [1.807, 2.05) is 20.8 Å². The van der Waals surface area contributed by atoms with Crippen molar-refractivity contribution >= 4 is 11.9 Å². The van der Waals surface area contributed by atoms with E-state index in [4.69, 9.17) is 9.47 Å². The minimum Gasteiger partial charge on any atom is -0.462 e. The molecule has 2 aliphatic carbocycles. The molecule has 5 nitrogen and oxygen atoms in total. The van der Waals surface area contributed by atoms with E-state index in [-0.39, 0.29) is 17.0 Å². The number of carbonyl (C=O) groups excluding carboxylic acids is 2. The molecule has 0 spiro atoms. The second kappa shape index (κ2) is 14.3. The van der Waals surface area contributed by atoms with E-state index < -0.39 is 47.8 Å². The first-order valence-corrected chi connectivity index (χ1v) is 14.9. The fourth-order valence-electron chi connectivity index (χ4n) is 4.96. The summed E-state index contributed by atoms with van der Waals surface area (Å²) < 4.78 is 89.2. The van der Waals surface area contributed by atoms with Crippen molar-refractivity contribution in [2.75, 3.05) is 0 Å². The molecule has 242 valence electrons. The summed E-state index contributed by atoms with van der Waals surface area (Å²) in [4.78, 5) is 24.3. The first kappa shape index (κ1) is 37.5. The van der Waals surface area contributed by atoms with Gasteiger partial charge in [0.25, 0.3) is 5.60 Å². The minimum absolute atomic E-state index is 0.0197. The fourth-order valence-corrected chi connectivity index (χ4v) is 4.96. The number of alkyl halides is 6. The van der Waals surface area contributed by atoms with E-state index in [0.29, 0.717) is 32.1 Å². The summed E-state index contributed by atoms with van der Waals surface area (Å²) >= 11 is 0. The molecule has 0 amide bonds. The Morgan fingerprint density at radius 1 is 0.780 bits per heavy atom. The molecule has 0 bridgehead atoms. The SMILES string of the molecule is CCC(C)(C)C(=O)OC(CC(O)(C(F)(F)F)C(F)(F)F)C1CCCCC1.CCC1(OC(=O)C(C)(C)CC)CCCC1. The van der Waals surface area contributed by atoms with E-state index in [2.05, 4.69) is 6.92 Å². The monoisotopic (exact) mass is 604 g/mol. The zero-order valence-corrected chi connectivity index (χ0v) is 25.7. The van der Waals surface area contributed by atoms with Crippen LogP contribution >= 0.6 is 0 Å². The molecule has 2 aliphatic rings. The maximum absolute atomic E-state index is 13.1. The highest BCUT2D eigenvalue weighted by Gasteiger charge is 2.71. The van der Waals surface area contributed by atoms with Gasteiger partial charge in [-0.25, -0.2) is 0 Å². The first-order valence-electron chi connectivity index (χ1n) is 14.9. The lowest BCUT2D eigenvalue weighted by Gasteiger charge is -2.39. The van der Waals surface area contributed by atoms with Crippen LogP contribution in [0.4, 0.5) is 26.3 Å². The summed E-state index contributed by atoms with van der Waals surface area (Å²) in [5.41, 5.74) is -6.42. The summed E-state index contributed by atoms with van der Waals surface area (Å²) in [6, 6.07) is 0. The fraction of sp³-hybridized carbons (Fsp3) is 0.933. The van der Waals surface area contributed by atoms with Gasteiger partial charge in [0, 0.05) is 6.42 Å². The predicted molar refractivity (Wildman–Crippen MR) is 144 cm³/mol. The zero-order valence-electron chi connectivity index (χ0n) is 25.7. The number of rotatable bonds is 10. The van der Waals surface area contributed by atoms with Crippen LogP contribution in [0.25, 0.3) is 0 Å². The molecular weight excluding hydrogens is 554 g/mol. The normalized spacial score (nSPS) is 19.7. The van der Waals surface area contributed by atoms with Gasteiger partial charge < -0.3 is 14.6 Å². The third kappa shape index (κ3) is 9.75. The number of hydrogen-bond donors (Lipinski definition) is 1. The number of halogens is 6. The highest BCUT2D eigenvalue weighted by Crippen LogP contribution is 2.48. The number of aliphatic hydroxyl groups is 1. The Labute approximate surface area is 241 Å². The Bertz CT molecular complexity index is 823. The Hall–Kier alpha value is -1.52. The van der Waals surface area contributed by atoms with Gasteiger partial charge in [-0.2, -0.15) is 26.3 Å². The third-order valence-electron chi connectivity index (χ3n) is 9.21. The van der Waals surface area contributed by atoms with Gasteiger partial charge in [0.05, 0.1) is 10.8 Å². The van der Waals surface area contributed by atoms with E-state index in [1.165, 1.54) is 26.7 Å². The summed E-state index contributed by atoms with van der Waals surface area (Å²) in [5.74, 6) is -1.52. The van der Waals surface area contributed by atoms with Gasteiger partial charge >= 0.3 is 24.3 Å². The van der Waals surface area contributed by atoms with Crippen LogP contribution in [-0.2, 0) is 19.1 Å². The minimum atomic E-state index is -5.93. The van der Waals surface area contributed by atoms with Gasteiger partial charge in [-0.15, -0.1) is 0 Å². The molecule has 1 atom stereocenters. The van der Waals surface area contributed by atoms with E-state index in [9.17, 15) is 41.0 Å². The smallest absolute Gasteiger partial charge is 0.426 e. The van der Waals surface area contributed by atoms with Crippen LogP contribution in [0.1, 0.15) is 132 Å². The van der Waals surface area contributed by atoms with Crippen molar-refractivity contribution in [1.29, 1.82) is 0 Å². The Kier molecular flexibility index (Phi) is 13.1. The van der Waals surface area contributed by atoms with Crippen molar-refractivity contribution in [1.82, 2.24) is 0 Å². The summed E-state index contributed by atoms with van der Waals surface area (Å²) in [6.45, 7) is 12.8. The molecule has 0 aromatic rings. The summed E-state index contributed by atoms with van der Waals surface area (Å²) in [6.07, 6.45) is -5.83. The van der Waals surface area contributed by atoms with Crippen LogP contribution < -0.4 is 0 Å². The van der Waals surface area contributed by atoms with E-state index in [1.54, 1.807) is 6.92 Å². The van der Waals surface area contributed by atoms with Crippen molar-refractivity contribution in [2.24, 2.45) is 16.7 Å². The molecule has 1 N–H and O–H groups in total. The van der Waals surface area contributed by atoms with Crippen molar-refractivity contribution in [3.8, 4) is 0 Å². The Morgan fingerprint density at radius 3 is 1.61 bits per heavy atom. The zero-order chi connectivity index (χ0) is 31.9. The quantitative estimate of drug-likeness (QED) is 0.199. The molecule has 0 saturated heterocycles. The highest BCUT2D eigenvalue weighted by molar-refractivity contribution is 5.76. The van der Waals surface area contributed by atoms with Crippen molar-refractivity contribution < 1.29 is 50.5 Å². The molecule has 0 aromatic carbocycles. The number of ether oxygens (including phenoxy) is 2. The maximum atomic E-state index is 13.1. The molecule has 41 heavy (non-hydrogen) atoms. The predicted octanol–water partition coefficient (Wildman–Crippen LogP) is 8.85. The average Bonchev–Trinajstić information content (AvgIpc) is 3.36. The number of esters is 2. The van der Waals surface area contributed by atoms with Crippen LogP contribution in [0, 0.1) is 16.7 Å². The van der Waals surface area contributed by atoms with Gasteiger partial charge in [-0.3, -0.25) is 9.59 Å². The second-order valence-electron chi connectivity index (χ2n) is 13.0. The highest BCUT2D eigenvalue weighted by atomic mass is 19.4. The summed E-state index contributed by atoms with van der Waals surface area (Å²) in [5, 5.41) is 9.52. The molecule has 0 aliphatic heterocycles. The van der Waals surface area contributed by atoms with Crippen LogP contribution in [0.2, 0.25) is 0 Å². The van der Waals surface area contributed by atoms with Gasteiger partial charge in [0.1, 0.15) is 11.7 Å². The number of carbonyl (C=O) groups is 2. The lowest BCUT2D eigenvalue weighted by molar-refractivity contribution is -0.375. The summed E-state index contributed by atoms with van der Waals surface area (Å²) in [7, 11) is 0. The molecule has 0 radical (unpaired) electrons.